The molecule has 1 aliphatic rings. The van der Waals surface area contributed by atoms with Crippen LogP contribution in [-0.4, -0.2) is 18.1 Å². The molecule has 4 aromatic rings. The number of rotatable bonds is 6. The van der Waals surface area contributed by atoms with E-state index in [9.17, 15) is 22.0 Å². The molecule has 0 amide bonds. The first kappa shape index (κ1) is 25.3. The van der Waals surface area contributed by atoms with Gasteiger partial charge in [0.2, 0.25) is 41.1 Å². The smallest absolute Gasteiger partial charge is 0.278 e. The first-order valence-corrected chi connectivity index (χ1v) is 15.3. The first-order chi connectivity index (χ1) is 17.5. The minimum Gasteiger partial charge on any atom is -0.401 e. The molecule has 0 unspecified atom stereocenters. The van der Waals surface area contributed by atoms with Crippen molar-refractivity contribution >= 4 is 8.32 Å². The molecular weight excluding hydrogens is 505 g/mol. The van der Waals surface area contributed by atoms with Crippen LogP contribution < -0.4 is 4.57 Å². The summed E-state index contributed by atoms with van der Waals surface area (Å²) < 4.78 is 80.3. The summed E-state index contributed by atoms with van der Waals surface area (Å²) in [6.45, 7) is 6.23. The Bertz CT molecular complexity index is 1390. The highest BCUT2D eigenvalue weighted by Crippen LogP contribution is 2.46. The predicted octanol–water partition coefficient (Wildman–Crippen LogP) is 6.14. The molecule has 0 spiro atoms. The molecule has 1 atom stereocenters. The Labute approximate surface area is 212 Å². The standard InChI is InChI=1S/C27H25F5N3OSi/c1-37(2,3)36-27(17-10-6-4-7-11-17,18-12-8-5-9-13-18)19-14-15-20-33-35(16-34(19)20)26-24(31)22(29)21(28)23(30)25(26)32/h4-13,16,19H,14-15H2,1-3H3/q+1/t19-/m0/s1. The number of hydrogen-bond acceptors (Lipinski definition) is 2. The number of benzene rings is 3. The molecule has 4 nitrogen and oxygen atoms in total. The fourth-order valence-corrected chi connectivity index (χ4v) is 6.46. The maximum absolute atomic E-state index is 14.6. The third-order valence-electron chi connectivity index (χ3n) is 6.49. The third kappa shape index (κ3) is 4.17. The number of aromatic nitrogens is 3. The van der Waals surface area contributed by atoms with E-state index >= 15 is 0 Å². The van der Waals surface area contributed by atoms with Crippen molar-refractivity contribution in [3.8, 4) is 5.69 Å². The van der Waals surface area contributed by atoms with Crippen molar-refractivity contribution in [3.05, 3.63) is 113 Å². The molecule has 3 aromatic carbocycles. The van der Waals surface area contributed by atoms with Crippen LogP contribution in [0.25, 0.3) is 5.69 Å². The maximum Gasteiger partial charge on any atom is 0.278 e. The van der Waals surface area contributed by atoms with Gasteiger partial charge in [0, 0.05) is 11.5 Å². The van der Waals surface area contributed by atoms with Crippen LogP contribution in [-0.2, 0) is 16.4 Å². The number of fused-ring (bicyclic) bond motifs is 1. The monoisotopic (exact) mass is 530 g/mol. The normalized spacial score (nSPS) is 15.7. The van der Waals surface area contributed by atoms with E-state index in [2.05, 4.69) is 24.7 Å². The molecule has 0 radical (unpaired) electrons. The van der Waals surface area contributed by atoms with Crippen LogP contribution in [0.15, 0.2) is 67.0 Å². The fraction of sp³-hybridized carbons (Fsp3) is 0.259. The van der Waals surface area contributed by atoms with Gasteiger partial charge in [-0.05, 0) is 37.2 Å². The Kier molecular flexibility index (Phi) is 6.27. The number of halogens is 5. The van der Waals surface area contributed by atoms with Crippen molar-refractivity contribution in [2.24, 2.45) is 0 Å². The van der Waals surface area contributed by atoms with Crippen LogP contribution in [0.2, 0.25) is 19.6 Å². The molecule has 192 valence electrons. The molecule has 5 rings (SSSR count). The minimum atomic E-state index is -2.24. The Morgan fingerprint density at radius 3 is 1.78 bits per heavy atom. The van der Waals surface area contributed by atoms with E-state index < -0.39 is 54.7 Å². The van der Waals surface area contributed by atoms with E-state index in [0.29, 0.717) is 18.7 Å². The number of nitrogens with zero attached hydrogens (tertiary/aromatic N) is 3. The quantitative estimate of drug-likeness (QED) is 0.0986. The lowest BCUT2D eigenvalue weighted by Crippen LogP contribution is -2.54. The molecule has 0 fully saturated rings. The van der Waals surface area contributed by atoms with E-state index in [4.69, 9.17) is 4.43 Å². The van der Waals surface area contributed by atoms with Gasteiger partial charge in [-0.2, -0.15) is 8.78 Å². The average Bonchev–Trinajstić information content (AvgIpc) is 3.47. The van der Waals surface area contributed by atoms with E-state index in [-0.39, 0.29) is 0 Å². The van der Waals surface area contributed by atoms with Crippen molar-refractivity contribution in [2.75, 3.05) is 0 Å². The predicted molar refractivity (Wildman–Crippen MR) is 129 cm³/mol. The zero-order chi connectivity index (χ0) is 26.5. The Morgan fingerprint density at radius 2 is 1.30 bits per heavy atom. The van der Waals surface area contributed by atoms with Gasteiger partial charge in [-0.25, -0.2) is 17.7 Å². The average molecular weight is 531 g/mol. The fourth-order valence-electron chi connectivity index (χ4n) is 5.12. The van der Waals surface area contributed by atoms with Crippen LogP contribution >= 0.6 is 0 Å². The molecule has 0 aliphatic carbocycles. The zero-order valence-corrected chi connectivity index (χ0v) is 21.5. The van der Waals surface area contributed by atoms with Crippen molar-refractivity contribution in [1.29, 1.82) is 0 Å². The maximum atomic E-state index is 14.6. The van der Waals surface area contributed by atoms with Gasteiger partial charge in [-0.1, -0.05) is 65.3 Å². The van der Waals surface area contributed by atoms with Crippen LogP contribution in [0.1, 0.15) is 29.4 Å². The van der Waals surface area contributed by atoms with Gasteiger partial charge in [-0.3, -0.25) is 0 Å². The van der Waals surface area contributed by atoms with Gasteiger partial charge < -0.3 is 4.43 Å². The van der Waals surface area contributed by atoms with Crippen molar-refractivity contribution in [2.45, 2.75) is 44.1 Å². The summed E-state index contributed by atoms with van der Waals surface area (Å²) in [5.41, 5.74) is -0.336. The topological polar surface area (TPSA) is 30.9 Å². The Hall–Kier alpha value is -3.37. The van der Waals surface area contributed by atoms with Gasteiger partial charge in [0.25, 0.3) is 5.82 Å². The first-order valence-electron chi connectivity index (χ1n) is 11.9. The summed E-state index contributed by atoms with van der Waals surface area (Å²) in [4.78, 5) is 0. The van der Waals surface area contributed by atoms with Crippen LogP contribution in [0.4, 0.5) is 22.0 Å². The largest absolute Gasteiger partial charge is 0.401 e. The van der Waals surface area contributed by atoms with Crippen molar-refractivity contribution < 1.29 is 30.9 Å². The summed E-state index contributed by atoms with van der Waals surface area (Å²) >= 11 is 0. The van der Waals surface area contributed by atoms with Gasteiger partial charge in [-0.15, -0.1) is 0 Å². The van der Waals surface area contributed by atoms with Crippen LogP contribution in [0.5, 0.6) is 0 Å². The molecule has 0 N–H and O–H groups in total. The second kappa shape index (κ2) is 9.18. The highest BCUT2D eigenvalue weighted by Gasteiger charge is 2.52. The number of aryl methyl sites for hydroxylation is 1. The SMILES string of the molecule is C[Si](C)(C)OC(c1ccccc1)(c1ccccc1)[C@@H]1CCc2nn(-c3c(F)c(F)c(F)c(F)c3F)c[n+]21. The molecule has 1 aliphatic heterocycles. The highest BCUT2D eigenvalue weighted by molar-refractivity contribution is 6.69. The second-order valence-corrected chi connectivity index (χ2v) is 14.5. The summed E-state index contributed by atoms with van der Waals surface area (Å²) in [7, 11) is -2.24. The van der Waals surface area contributed by atoms with E-state index in [1.54, 1.807) is 4.57 Å². The summed E-state index contributed by atoms with van der Waals surface area (Å²) in [5, 5.41) is 4.24. The highest BCUT2D eigenvalue weighted by atomic mass is 28.4. The van der Waals surface area contributed by atoms with Gasteiger partial charge in [0.15, 0.2) is 8.32 Å². The lowest BCUT2D eigenvalue weighted by atomic mass is 9.79. The Morgan fingerprint density at radius 1 is 0.811 bits per heavy atom. The van der Waals surface area contributed by atoms with E-state index in [0.717, 1.165) is 15.8 Å². The molecule has 0 saturated carbocycles. The van der Waals surface area contributed by atoms with Crippen LogP contribution in [0.3, 0.4) is 0 Å². The molecule has 10 heteroatoms. The molecule has 2 heterocycles. The molecular formula is C27H25F5N3OSi+. The molecule has 1 aromatic heterocycles. The van der Waals surface area contributed by atoms with E-state index in [1.165, 1.54) is 6.33 Å². The summed E-state index contributed by atoms with van der Waals surface area (Å²) in [6.07, 6.45) is 2.30. The minimum absolute atomic E-state index is 0.408. The van der Waals surface area contributed by atoms with Crippen molar-refractivity contribution in [3.63, 3.8) is 0 Å². The summed E-state index contributed by atoms with van der Waals surface area (Å²) in [5.74, 6) is -9.67. The van der Waals surface area contributed by atoms with Crippen molar-refractivity contribution in [1.82, 2.24) is 9.78 Å². The van der Waals surface area contributed by atoms with E-state index in [1.807, 2.05) is 60.7 Å². The Balaban J connectivity index is 1.74. The second-order valence-electron chi connectivity index (χ2n) is 10.0. The van der Waals surface area contributed by atoms with Crippen LogP contribution in [0, 0.1) is 29.1 Å². The molecule has 0 saturated heterocycles. The lowest BCUT2D eigenvalue weighted by molar-refractivity contribution is -0.730. The molecule has 0 bridgehead atoms. The van der Waals surface area contributed by atoms with Gasteiger partial charge in [0.1, 0.15) is 11.6 Å². The van der Waals surface area contributed by atoms with Gasteiger partial charge in [0.05, 0.1) is 0 Å². The summed E-state index contributed by atoms with van der Waals surface area (Å²) in [6, 6.07) is 19.0. The van der Waals surface area contributed by atoms with Gasteiger partial charge >= 0.3 is 0 Å². The lowest BCUT2D eigenvalue weighted by Gasteiger charge is -2.43. The number of hydrogen-bond donors (Lipinski definition) is 0. The zero-order valence-electron chi connectivity index (χ0n) is 20.5. The third-order valence-corrected chi connectivity index (χ3v) is 7.42. The molecule has 37 heavy (non-hydrogen) atoms.